The molecule has 0 aliphatic heterocycles. The summed E-state index contributed by atoms with van der Waals surface area (Å²) in [5, 5.41) is 1.13. The lowest BCUT2D eigenvalue weighted by atomic mass is 9.68. The highest BCUT2D eigenvalue weighted by molar-refractivity contribution is 5.86. The zero-order valence-electron chi connectivity index (χ0n) is 15.5. The van der Waals surface area contributed by atoms with Crippen LogP contribution in [0.4, 0.5) is 5.69 Å². The summed E-state index contributed by atoms with van der Waals surface area (Å²) in [5.41, 5.74) is 5.07. The summed E-state index contributed by atoms with van der Waals surface area (Å²) in [6.07, 6.45) is 2.07. The third-order valence-corrected chi connectivity index (χ3v) is 5.41. The fourth-order valence-electron chi connectivity index (χ4n) is 3.46. The molecule has 3 rings (SSSR count). The predicted molar refractivity (Wildman–Crippen MR) is 101 cm³/mol. The van der Waals surface area contributed by atoms with Gasteiger partial charge in [0.1, 0.15) is 0 Å². The molecule has 1 N–H and O–H groups in total. The van der Waals surface area contributed by atoms with Crippen LogP contribution in [0.5, 0.6) is 0 Å². The Labute approximate surface area is 148 Å². The van der Waals surface area contributed by atoms with Crippen molar-refractivity contribution < 1.29 is 9.76 Å². The second-order valence-electron chi connectivity index (χ2n) is 7.09. The summed E-state index contributed by atoms with van der Waals surface area (Å²) < 4.78 is 0. The molecule has 0 aliphatic rings. The quantitative estimate of drug-likeness (QED) is 0.633. The number of fused-ring (bicyclic) bond motifs is 1. The van der Waals surface area contributed by atoms with Gasteiger partial charge >= 0.3 is 5.69 Å². The monoisotopic (exact) mass is 337 g/mol. The molecule has 0 bridgehead atoms. The standard InChI is InChI=1S/C21H25N2O2/c1-14(2)21(4,16-8-6-15(3)7-9-16)19-13-22-20-12-17(23(24)25-5)10-11-18(19)20/h6-14,22H,1-5H3/q+1. The van der Waals surface area contributed by atoms with Gasteiger partial charge in [-0.3, -0.25) is 0 Å². The van der Waals surface area contributed by atoms with Crippen molar-refractivity contribution in [3.63, 3.8) is 0 Å². The minimum Gasteiger partial charge on any atom is -0.361 e. The molecule has 0 saturated heterocycles. The molecule has 130 valence electrons. The molecule has 3 aromatic rings. The van der Waals surface area contributed by atoms with Crippen LogP contribution in [-0.2, 0) is 10.3 Å². The van der Waals surface area contributed by atoms with E-state index in [9.17, 15) is 4.91 Å². The van der Waals surface area contributed by atoms with Crippen molar-refractivity contribution in [2.75, 3.05) is 7.11 Å². The molecule has 0 aliphatic carbocycles. The molecular weight excluding hydrogens is 312 g/mol. The van der Waals surface area contributed by atoms with Crippen LogP contribution >= 0.6 is 0 Å². The highest BCUT2D eigenvalue weighted by Crippen LogP contribution is 2.42. The van der Waals surface area contributed by atoms with Gasteiger partial charge in [-0.25, -0.2) is 4.84 Å². The minimum atomic E-state index is -0.133. The average molecular weight is 337 g/mol. The van der Waals surface area contributed by atoms with Gasteiger partial charge in [0.15, 0.2) is 7.11 Å². The van der Waals surface area contributed by atoms with E-state index in [1.807, 2.05) is 12.1 Å². The van der Waals surface area contributed by atoms with E-state index in [1.54, 1.807) is 6.07 Å². The molecule has 2 aromatic carbocycles. The summed E-state index contributed by atoms with van der Waals surface area (Å²) in [7, 11) is 1.37. The van der Waals surface area contributed by atoms with E-state index in [1.165, 1.54) is 23.8 Å². The van der Waals surface area contributed by atoms with Gasteiger partial charge in [-0.15, -0.1) is 0 Å². The van der Waals surface area contributed by atoms with Crippen LogP contribution < -0.4 is 0 Å². The van der Waals surface area contributed by atoms with Crippen LogP contribution in [0.15, 0.2) is 48.7 Å². The van der Waals surface area contributed by atoms with E-state index >= 15 is 0 Å². The maximum absolute atomic E-state index is 11.7. The molecule has 1 atom stereocenters. The summed E-state index contributed by atoms with van der Waals surface area (Å²) >= 11 is 0. The molecule has 4 nitrogen and oxygen atoms in total. The molecule has 1 heterocycles. The number of hydrogen-bond donors (Lipinski definition) is 1. The highest BCUT2D eigenvalue weighted by atomic mass is 16.8. The summed E-state index contributed by atoms with van der Waals surface area (Å²) in [5.74, 6) is 0.406. The molecule has 0 fully saturated rings. The lowest BCUT2D eigenvalue weighted by Gasteiger charge is -2.34. The van der Waals surface area contributed by atoms with Crippen molar-refractivity contribution in [1.82, 2.24) is 4.98 Å². The third-order valence-electron chi connectivity index (χ3n) is 5.41. The van der Waals surface area contributed by atoms with Crippen molar-refractivity contribution in [1.29, 1.82) is 0 Å². The van der Waals surface area contributed by atoms with Crippen LogP contribution in [-0.4, -0.2) is 17.0 Å². The average Bonchev–Trinajstić information content (AvgIpc) is 3.04. The SMILES string of the molecule is CO[N+](=O)c1ccc2c(C(C)(c3ccc(C)cc3)C(C)C)c[nH]c2c1. The van der Waals surface area contributed by atoms with Gasteiger partial charge in [0.25, 0.3) is 4.92 Å². The Bertz CT molecular complexity index is 909. The number of aromatic nitrogens is 1. The molecule has 0 saturated carbocycles. The fourth-order valence-corrected chi connectivity index (χ4v) is 3.46. The number of nitrogens with zero attached hydrogens (tertiary/aromatic N) is 1. The first-order valence-corrected chi connectivity index (χ1v) is 8.58. The molecule has 0 spiro atoms. The molecule has 1 aromatic heterocycles. The molecular formula is C21H25N2O2+. The largest absolute Gasteiger partial charge is 0.361 e. The van der Waals surface area contributed by atoms with Crippen LogP contribution in [0.3, 0.4) is 0 Å². The van der Waals surface area contributed by atoms with E-state index < -0.39 is 0 Å². The number of hydrogen-bond acceptors (Lipinski definition) is 2. The lowest BCUT2D eigenvalue weighted by molar-refractivity contribution is -0.736. The third kappa shape index (κ3) is 2.82. The molecule has 25 heavy (non-hydrogen) atoms. The first-order valence-electron chi connectivity index (χ1n) is 8.58. The van der Waals surface area contributed by atoms with Gasteiger partial charge in [0.05, 0.1) is 10.4 Å². The number of rotatable bonds is 5. The maximum atomic E-state index is 11.7. The normalized spacial score (nSPS) is 13.8. The van der Waals surface area contributed by atoms with Crippen LogP contribution in [0, 0.1) is 17.7 Å². The Hall–Kier alpha value is -2.62. The van der Waals surface area contributed by atoms with Gasteiger partial charge in [-0.05, 0) is 30.0 Å². The number of H-pyrrole nitrogens is 1. The van der Waals surface area contributed by atoms with Gasteiger partial charge in [-0.1, -0.05) is 50.6 Å². The maximum Gasteiger partial charge on any atom is 0.318 e. The Morgan fingerprint density at radius 3 is 2.40 bits per heavy atom. The van der Waals surface area contributed by atoms with Crippen molar-refractivity contribution in [2.45, 2.75) is 33.1 Å². The summed E-state index contributed by atoms with van der Waals surface area (Å²) in [6, 6.07) is 14.4. The van der Waals surface area contributed by atoms with Gasteiger partial charge in [0, 0.05) is 29.1 Å². The topological polar surface area (TPSA) is 45.1 Å². The highest BCUT2D eigenvalue weighted by Gasteiger charge is 2.35. The zero-order valence-corrected chi connectivity index (χ0v) is 15.5. The predicted octanol–water partition coefficient (Wildman–Crippen LogP) is 5.41. The van der Waals surface area contributed by atoms with E-state index in [4.69, 9.17) is 4.84 Å². The second-order valence-corrected chi connectivity index (χ2v) is 7.09. The number of benzene rings is 2. The molecule has 1 unspecified atom stereocenters. The Morgan fingerprint density at radius 1 is 1.12 bits per heavy atom. The van der Waals surface area contributed by atoms with E-state index in [2.05, 4.69) is 63.1 Å². The van der Waals surface area contributed by atoms with E-state index in [0.717, 1.165) is 10.9 Å². The van der Waals surface area contributed by atoms with Crippen LogP contribution in [0.2, 0.25) is 0 Å². The van der Waals surface area contributed by atoms with Crippen molar-refractivity contribution >= 4 is 16.6 Å². The Kier molecular flexibility index (Phi) is 4.38. The van der Waals surface area contributed by atoms with Gasteiger partial charge in [-0.2, -0.15) is 0 Å². The Morgan fingerprint density at radius 2 is 1.80 bits per heavy atom. The first kappa shape index (κ1) is 17.2. The summed E-state index contributed by atoms with van der Waals surface area (Å²) in [4.78, 5) is 20.3. The second kappa shape index (κ2) is 6.36. The van der Waals surface area contributed by atoms with E-state index in [0.29, 0.717) is 16.5 Å². The van der Waals surface area contributed by atoms with Crippen LogP contribution in [0.25, 0.3) is 10.9 Å². The Balaban J connectivity index is 2.17. The fraction of sp³-hybridized carbons (Fsp3) is 0.333. The number of aryl methyl sites for hydroxylation is 1. The first-order chi connectivity index (χ1) is 11.9. The van der Waals surface area contributed by atoms with Gasteiger partial charge < -0.3 is 4.98 Å². The summed E-state index contributed by atoms with van der Waals surface area (Å²) in [6.45, 7) is 8.89. The van der Waals surface area contributed by atoms with Crippen molar-refractivity contribution in [3.8, 4) is 0 Å². The molecule has 0 amide bonds. The van der Waals surface area contributed by atoms with Gasteiger partial charge in [0.2, 0.25) is 0 Å². The molecule has 0 radical (unpaired) electrons. The van der Waals surface area contributed by atoms with Crippen LogP contribution in [0.1, 0.15) is 37.5 Å². The van der Waals surface area contributed by atoms with E-state index in [-0.39, 0.29) is 5.41 Å². The smallest absolute Gasteiger partial charge is 0.318 e. The number of aromatic amines is 1. The van der Waals surface area contributed by atoms with Crippen molar-refractivity contribution in [2.24, 2.45) is 5.92 Å². The zero-order chi connectivity index (χ0) is 18.2. The number of nitrogens with one attached hydrogen (secondary N) is 1. The van der Waals surface area contributed by atoms with Crippen molar-refractivity contribution in [3.05, 3.63) is 70.3 Å². The minimum absolute atomic E-state index is 0.133. The molecule has 4 heteroatoms. The lowest BCUT2D eigenvalue weighted by Crippen LogP contribution is -2.29.